The molecule has 5 nitrogen and oxygen atoms in total. The molecule has 120 valence electrons. The maximum Gasteiger partial charge on any atom is 0.188 e. The molecule has 1 aromatic carbocycles. The number of benzene rings is 1. The van der Waals surface area contributed by atoms with E-state index in [9.17, 15) is 0 Å². The van der Waals surface area contributed by atoms with Gasteiger partial charge >= 0.3 is 0 Å². The summed E-state index contributed by atoms with van der Waals surface area (Å²) in [6.45, 7) is 3.44. The molecule has 0 bridgehead atoms. The van der Waals surface area contributed by atoms with Crippen LogP contribution >= 0.6 is 24.0 Å². The molecule has 3 N–H and O–H groups in total. The molecule has 0 atom stereocenters. The Hall–Kier alpha value is -0.860. The van der Waals surface area contributed by atoms with Crippen LogP contribution in [0.3, 0.4) is 0 Å². The fourth-order valence-corrected chi connectivity index (χ4v) is 1.64. The molecule has 0 aliphatic carbocycles. The zero-order valence-corrected chi connectivity index (χ0v) is 14.9. The Morgan fingerprint density at radius 3 is 2.67 bits per heavy atom. The number of nitrogens with one attached hydrogen (secondary N) is 1. The topological polar surface area (TPSA) is 68.9 Å². The van der Waals surface area contributed by atoms with Crippen molar-refractivity contribution in [2.45, 2.75) is 12.8 Å². The summed E-state index contributed by atoms with van der Waals surface area (Å²) in [4.78, 5) is 4.20. The molecular formula is C15H26IN3O2. The molecule has 0 radical (unpaired) electrons. The average Bonchev–Trinajstić information content (AvgIpc) is 2.47. The second-order valence-electron chi connectivity index (χ2n) is 4.39. The van der Waals surface area contributed by atoms with Gasteiger partial charge in [-0.15, -0.1) is 24.0 Å². The maximum absolute atomic E-state index is 5.67. The lowest BCUT2D eigenvalue weighted by Crippen LogP contribution is -2.34. The number of nitrogens with zero attached hydrogens (tertiary/aromatic N) is 1. The summed E-state index contributed by atoms with van der Waals surface area (Å²) in [5, 5.41) is 2.97. The van der Waals surface area contributed by atoms with Gasteiger partial charge in [0.1, 0.15) is 0 Å². The third kappa shape index (κ3) is 11.5. The van der Waals surface area contributed by atoms with E-state index in [4.69, 9.17) is 15.2 Å². The summed E-state index contributed by atoms with van der Waals surface area (Å²) in [6.07, 6.45) is 1.83. The first-order valence-electron chi connectivity index (χ1n) is 6.97. The number of halogens is 1. The Morgan fingerprint density at radius 2 is 1.95 bits per heavy atom. The predicted molar refractivity (Wildman–Crippen MR) is 97.4 cm³/mol. The van der Waals surface area contributed by atoms with Crippen molar-refractivity contribution in [1.29, 1.82) is 0 Å². The van der Waals surface area contributed by atoms with Gasteiger partial charge in [0.2, 0.25) is 0 Å². The van der Waals surface area contributed by atoms with Gasteiger partial charge in [-0.2, -0.15) is 0 Å². The van der Waals surface area contributed by atoms with Crippen molar-refractivity contribution in [3.8, 4) is 0 Å². The highest BCUT2D eigenvalue weighted by Gasteiger charge is 1.93. The molecule has 0 saturated heterocycles. The molecule has 0 amide bonds. The minimum atomic E-state index is 0. The molecule has 1 aromatic rings. The summed E-state index contributed by atoms with van der Waals surface area (Å²) in [7, 11) is 1.65. The van der Waals surface area contributed by atoms with Crippen molar-refractivity contribution in [2.24, 2.45) is 10.7 Å². The molecule has 0 heterocycles. The van der Waals surface area contributed by atoms with E-state index in [1.165, 1.54) is 5.56 Å². The van der Waals surface area contributed by atoms with Crippen molar-refractivity contribution in [1.82, 2.24) is 5.32 Å². The Labute approximate surface area is 144 Å². The van der Waals surface area contributed by atoms with Crippen LogP contribution in [0, 0.1) is 0 Å². The smallest absolute Gasteiger partial charge is 0.188 e. The zero-order chi connectivity index (χ0) is 14.5. The van der Waals surface area contributed by atoms with E-state index >= 15 is 0 Å². The van der Waals surface area contributed by atoms with E-state index in [0.717, 1.165) is 19.4 Å². The van der Waals surface area contributed by atoms with Gasteiger partial charge in [-0.1, -0.05) is 30.3 Å². The lowest BCUT2D eigenvalue weighted by molar-refractivity contribution is 0.136. The lowest BCUT2D eigenvalue weighted by Gasteiger charge is -2.05. The van der Waals surface area contributed by atoms with Crippen molar-refractivity contribution >= 4 is 29.9 Å². The van der Waals surface area contributed by atoms with E-state index in [1.807, 2.05) is 18.2 Å². The highest BCUT2D eigenvalue weighted by molar-refractivity contribution is 14.0. The van der Waals surface area contributed by atoms with E-state index in [1.54, 1.807) is 7.11 Å². The molecular weight excluding hydrogens is 381 g/mol. The fraction of sp³-hybridized carbons (Fsp3) is 0.533. The first kappa shape index (κ1) is 20.1. The monoisotopic (exact) mass is 407 g/mol. The third-order valence-electron chi connectivity index (χ3n) is 2.72. The number of hydrogen-bond donors (Lipinski definition) is 2. The normalized spacial score (nSPS) is 11.0. The van der Waals surface area contributed by atoms with Crippen molar-refractivity contribution in [3.05, 3.63) is 35.9 Å². The van der Waals surface area contributed by atoms with Crippen molar-refractivity contribution in [3.63, 3.8) is 0 Å². The Kier molecular flexibility index (Phi) is 13.5. The number of ether oxygens (including phenoxy) is 2. The number of hydrogen-bond acceptors (Lipinski definition) is 3. The Morgan fingerprint density at radius 1 is 1.19 bits per heavy atom. The van der Waals surface area contributed by atoms with Crippen molar-refractivity contribution in [2.75, 3.05) is 40.0 Å². The predicted octanol–water partition coefficient (Wildman–Crippen LogP) is 1.80. The molecule has 0 fully saturated rings. The summed E-state index contributed by atoms with van der Waals surface area (Å²) in [6, 6.07) is 10.3. The Bertz CT molecular complexity index is 374. The van der Waals surface area contributed by atoms with Gasteiger partial charge in [0.15, 0.2) is 5.96 Å². The molecule has 0 aliphatic heterocycles. The SMILES string of the molecule is COCCNC(N)=NCCCOCCc1ccccc1.I. The van der Waals surface area contributed by atoms with Gasteiger partial charge in [0.25, 0.3) is 0 Å². The van der Waals surface area contributed by atoms with Gasteiger partial charge in [-0.3, -0.25) is 4.99 Å². The van der Waals surface area contributed by atoms with Crippen LogP contribution in [0.4, 0.5) is 0 Å². The first-order chi connectivity index (χ1) is 9.83. The van der Waals surface area contributed by atoms with Crippen LogP contribution in [0.2, 0.25) is 0 Å². The molecule has 0 aliphatic rings. The molecule has 0 saturated carbocycles. The minimum absolute atomic E-state index is 0. The third-order valence-corrected chi connectivity index (χ3v) is 2.72. The quantitative estimate of drug-likeness (QED) is 0.269. The van der Waals surface area contributed by atoms with Gasteiger partial charge in [-0.05, 0) is 18.4 Å². The second kappa shape index (κ2) is 14.1. The van der Waals surface area contributed by atoms with Gasteiger partial charge in [0.05, 0.1) is 13.2 Å². The van der Waals surface area contributed by atoms with E-state index < -0.39 is 0 Å². The zero-order valence-electron chi connectivity index (χ0n) is 12.6. The number of guanidine groups is 1. The number of rotatable bonds is 10. The summed E-state index contributed by atoms with van der Waals surface area (Å²) in [5.74, 6) is 0.464. The average molecular weight is 407 g/mol. The molecule has 0 aromatic heterocycles. The van der Waals surface area contributed by atoms with E-state index in [-0.39, 0.29) is 24.0 Å². The maximum atomic E-state index is 5.67. The van der Waals surface area contributed by atoms with Crippen LogP contribution in [-0.2, 0) is 15.9 Å². The number of aliphatic imine (C=N–C) groups is 1. The van der Waals surface area contributed by atoms with Crippen LogP contribution in [0.25, 0.3) is 0 Å². The fourth-order valence-electron chi connectivity index (χ4n) is 1.64. The molecule has 0 spiro atoms. The molecule has 21 heavy (non-hydrogen) atoms. The second-order valence-corrected chi connectivity index (χ2v) is 4.39. The summed E-state index contributed by atoms with van der Waals surface area (Å²) >= 11 is 0. The lowest BCUT2D eigenvalue weighted by atomic mass is 10.2. The molecule has 1 rings (SSSR count). The minimum Gasteiger partial charge on any atom is -0.383 e. The van der Waals surface area contributed by atoms with E-state index in [2.05, 4.69) is 22.4 Å². The molecule has 6 heteroatoms. The van der Waals surface area contributed by atoms with Gasteiger partial charge in [0, 0.05) is 26.8 Å². The van der Waals surface area contributed by atoms with Crippen LogP contribution in [0.5, 0.6) is 0 Å². The number of nitrogens with two attached hydrogens (primary N) is 1. The van der Waals surface area contributed by atoms with Crippen LogP contribution in [0.1, 0.15) is 12.0 Å². The standard InChI is InChI=1S/C15H25N3O2.HI/c1-19-13-10-18-15(16)17-9-5-11-20-12-8-14-6-3-2-4-7-14;/h2-4,6-7H,5,8-13H2,1H3,(H3,16,17,18);1H. The summed E-state index contributed by atoms with van der Waals surface area (Å²) in [5.41, 5.74) is 6.98. The number of methoxy groups -OCH3 is 1. The molecule has 0 unspecified atom stereocenters. The van der Waals surface area contributed by atoms with Crippen LogP contribution < -0.4 is 11.1 Å². The highest BCUT2D eigenvalue weighted by Crippen LogP contribution is 1.99. The van der Waals surface area contributed by atoms with Crippen LogP contribution in [0.15, 0.2) is 35.3 Å². The summed E-state index contributed by atoms with van der Waals surface area (Å²) < 4.78 is 10.5. The van der Waals surface area contributed by atoms with E-state index in [0.29, 0.717) is 32.3 Å². The van der Waals surface area contributed by atoms with Gasteiger partial charge in [-0.25, -0.2) is 0 Å². The highest BCUT2D eigenvalue weighted by atomic mass is 127. The first-order valence-corrected chi connectivity index (χ1v) is 6.97. The van der Waals surface area contributed by atoms with Crippen LogP contribution in [-0.4, -0.2) is 46.0 Å². The Balaban J connectivity index is 0.00000400. The van der Waals surface area contributed by atoms with Crippen molar-refractivity contribution < 1.29 is 9.47 Å². The largest absolute Gasteiger partial charge is 0.383 e. The van der Waals surface area contributed by atoms with Gasteiger partial charge < -0.3 is 20.5 Å².